The summed E-state index contributed by atoms with van der Waals surface area (Å²) in [5.74, 6) is 0.607. The molecular formula is C18H15N5OS. The van der Waals surface area contributed by atoms with Crippen LogP contribution < -0.4 is 10.6 Å². The number of amides is 2. The Hall–Kier alpha value is -3.19. The molecule has 0 saturated carbocycles. The summed E-state index contributed by atoms with van der Waals surface area (Å²) in [6.45, 7) is 1.92. The largest absolute Gasteiger partial charge is 0.325 e. The first-order chi connectivity index (χ1) is 12.2. The number of rotatable bonds is 3. The van der Waals surface area contributed by atoms with E-state index in [1.807, 2.05) is 66.1 Å². The van der Waals surface area contributed by atoms with E-state index < -0.39 is 0 Å². The molecule has 25 heavy (non-hydrogen) atoms. The lowest BCUT2D eigenvalue weighted by Crippen LogP contribution is -2.20. The molecule has 4 aromatic rings. The summed E-state index contributed by atoms with van der Waals surface area (Å²) in [4.78, 5) is 21.2. The minimum atomic E-state index is -0.327. The van der Waals surface area contributed by atoms with Gasteiger partial charge in [0.1, 0.15) is 22.2 Å². The third kappa shape index (κ3) is 3.09. The Morgan fingerprint density at radius 2 is 1.88 bits per heavy atom. The first-order valence-corrected chi connectivity index (χ1v) is 8.55. The van der Waals surface area contributed by atoms with Gasteiger partial charge in [-0.1, -0.05) is 36.4 Å². The predicted octanol–water partition coefficient (Wildman–Crippen LogP) is 4.41. The molecule has 6 nitrogen and oxygen atoms in total. The van der Waals surface area contributed by atoms with Gasteiger partial charge in [-0.25, -0.2) is 14.8 Å². The number of hydrogen-bond donors (Lipinski definition) is 2. The summed E-state index contributed by atoms with van der Waals surface area (Å²) < 4.78 is 1.82. The molecule has 7 heteroatoms. The number of pyridine rings is 1. The lowest BCUT2D eigenvalue weighted by Gasteiger charge is -2.07. The van der Waals surface area contributed by atoms with Crippen LogP contribution in [0.3, 0.4) is 0 Å². The SMILES string of the molecule is Cc1nc(-c2ccccc2)c(NC(=O)Nc2cnc3ccccn23)s1. The number of imidazole rings is 1. The Labute approximate surface area is 148 Å². The van der Waals surface area contributed by atoms with Gasteiger partial charge in [0.25, 0.3) is 0 Å². The van der Waals surface area contributed by atoms with Crippen molar-refractivity contribution < 1.29 is 4.79 Å². The molecule has 0 aliphatic rings. The van der Waals surface area contributed by atoms with Crippen molar-refractivity contribution in [3.05, 3.63) is 65.9 Å². The number of nitrogens with zero attached hydrogens (tertiary/aromatic N) is 3. The van der Waals surface area contributed by atoms with Crippen molar-refractivity contribution in [3.63, 3.8) is 0 Å². The molecular weight excluding hydrogens is 334 g/mol. The number of aryl methyl sites for hydroxylation is 1. The van der Waals surface area contributed by atoms with Crippen LogP contribution in [0.25, 0.3) is 16.9 Å². The number of hydrogen-bond acceptors (Lipinski definition) is 4. The summed E-state index contributed by atoms with van der Waals surface area (Å²) in [5, 5.41) is 7.34. The van der Waals surface area contributed by atoms with Crippen LogP contribution in [-0.2, 0) is 0 Å². The summed E-state index contributed by atoms with van der Waals surface area (Å²) in [5.41, 5.74) is 2.52. The zero-order valence-corrected chi connectivity index (χ0v) is 14.2. The van der Waals surface area contributed by atoms with Gasteiger partial charge in [0, 0.05) is 11.8 Å². The molecule has 3 aromatic heterocycles. The number of carbonyl (C=O) groups is 1. The maximum absolute atomic E-state index is 12.4. The van der Waals surface area contributed by atoms with Gasteiger partial charge in [0.15, 0.2) is 0 Å². The highest BCUT2D eigenvalue weighted by Crippen LogP contribution is 2.32. The van der Waals surface area contributed by atoms with Gasteiger partial charge in [-0.2, -0.15) is 0 Å². The third-order valence-corrected chi connectivity index (χ3v) is 4.55. The second-order valence-corrected chi connectivity index (χ2v) is 6.63. The Kier molecular flexibility index (Phi) is 3.91. The fourth-order valence-corrected chi connectivity index (χ4v) is 3.42. The maximum Gasteiger partial charge on any atom is 0.325 e. The molecule has 124 valence electrons. The molecule has 0 saturated heterocycles. The monoisotopic (exact) mass is 349 g/mol. The molecule has 4 rings (SSSR count). The number of fused-ring (bicyclic) bond motifs is 1. The summed E-state index contributed by atoms with van der Waals surface area (Å²) in [7, 11) is 0. The number of anilines is 2. The fraction of sp³-hybridized carbons (Fsp3) is 0.0556. The van der Waals surface area contributed by atoms with Crippen LogP contribution in [0.5, 0.6) is 0 Å². The van der Waals surface area contributed by atoms with E-state index in [4.69, 9.17) is 0 Å². The molecule has 0 radical (unpaired) electrons. The van der Waals surface area contributed by atoms with Gasteiger partial charge in [0.05, 0.1) is 11.2 Å². The molecule has 0 aliphatic carbocycles. The lowest BCUT2D eigenvalue weighted by molar-refractivity contribution is 0.262. The molecule has 0 spiro atoms. The molecule has 2 amide bonds. The zero-order valence-electron chi connectivity index (χ0n) is 13.4. The molecule has 0 aliphatic heterocycles. The van der Waals surface area contributed by atoms with E-state index in [0.717, 1.165) is 26.9 Å². The number of benzene rings is 1. The molecule has 0 atom stereocenters. The molecule has 0 bridgehead atoms. The molecule has 1 aromatic carbocycles. The lowest BCUT2D eigenvalue weighted by atomic mass is 10.2. The minimum Gasteiger partial charge on any atom is -0.297 e. The molecule has 3 heterocycles. The van der Waals surface area contributed by atoms with E-state index in [0.29, 0.717) is 5.82 Å². The highest BCUT2D eigenvalue weighted by Gasteiger charge is 2.14. The smallest absolute Gasteiger partial charge is 0.297 e. The number of thiazole rings is 1. The number of carbonyl (C=O) groups excluding carboxylic acids is 1. The van der Waals surface area contributed by atoms with Crippen LogP contribution in [-0.4, -0.2) is 20.4 Å². The normalized spacial score (nSPS) is 10.8. The fourth-order valence-electron chi connectivity index (χ4n) is 2.58. The number of urea groups is 1. The maximum atomic E-state index is 12.4. The van der Waals surface area contributed by atoms with E-state index in [-0.39, 0.29) is 6.03 Å². The zero-order chi connectivity index (χ0) is 17.2. The summed E-state index contributed by atoms with van der Waals surface area (Å²) >= 11 is 1.45. The van der Waals surface area contributed by atoms with Crippen LogP contribution in [0.1, 0.15) is 5.01 Å². The third-order valence-electron chi connectivity index (χ3n) is 3.67. The summed E-state index contributed by atoms with van der Waals surface area (Å²) in [6.07, 6.45) is 3.48. The minimum absolute atomic E-state index is 0.327. The molecule has 0 unspecified atom stereocenters. The van der Waals surface area contributed by atoms with Crippen LogP contribution >= 0.6 is 11.3 Å². The van der Waals surface area contributed by atoms with Crippen LogP contribution in [0.2, 0.25) is 0 Å². The second-order valence-electron chi connectivity index (χ2n) is 5.43. The number of aromatic nitrogens is 3. The van der Waals surface area contributed by atoms with Crippen LogP contribution in [0.15, 0.2) is 60.9 Å². The van der Waals surface area contributed by atoms with Gasteiger partial charge in [-0.15, -0.1) is 11.3 Å². The second kappa shape index (κ2) is 6.37. The van der Waals surface area contributed by atoms with Crippen molar-refractivity contribution in [2.75, 3.05) is 10.6 Å². The Bertz CT molecular complexity index is 1040. The molecule has 0 fully saturated rings. The highest BCUT2D eigenvalue weighted by atomic mass is 32.1. The van der Waals surface area contributed by atoms with Gasteiger partial charge in [0.2, 0.25) is 0 Å². The van der Waals surface area contributed by atoms with Crippen molar-refractivity contribution in [2.24, 2.45) is 0 Å². The van der Waals surface area contributed by atoms with E-state index in [9.17, 15) is 4.79 Å². The Balaban J connectivity index is 1.57. The topological polar surface area (TPSA) is 71.3 Å². The van der Waals surface area contributed by atoms with Crippen LogP contribution in [0.4, 0.5) is 15.6 Å². The average molecular weight is 349 g/mol. The van der Waals surface area contributed by atoms with E-state index in [2.05, 4.69) is 20.6 Å². The van der Waals surface area contributed by atoms with Gasteiger partial charge in [-0.05, 0) is 19.1 Å². The van der Waals surface area contributed by atoms with Crippen molar-refractivity contribution in [1.29, 1.82) is 0 Å². The average Bonchev–Trinajstić information content (AvgIpc) is 3.19. The standard InChI is InChI=1S/C18H15N5OS/c1-12-20-16(13-7-3-2-4-8-13)17(25-12)22-18(24)21-15-11-19-14-9-5-6-10-23(14)15/h2-11H,1H3,(H2,21,22,24). The predicted molar refractivity (Wildman–Crippen MR) is 100 cm³/mol. The van der Waals surface area contributed by atoms with E-state index in [1.165, 1.54) is 11.3 Å². The quantitative estimate of drug-likeness (QED) is 0.575. The van der Waals surface area contributed by atoms with Gasteiger partial charge < -0.3 is 0 Å². The van der Waals surface area contributed by atoms with Crippen LogP contribution in [0, 0.1) is 6.92 Å². The van der Waals surface area contributed by atoms with Crippen molar-refractivity contribution in [2.45, 2.75) is 6.92 Å². The first kappa shape index (κ1) is 15.3. The van der Waals surface area contributed by atoms with Gasteiger partial charge in [-0.3, -0.25) is 15.0 Å². The Morgan fingerprint density at radius 1 is 1.08 bits per heavy atom. The van der Waals surface area contributed by atoms with Crippen molar-refractivity contribution in [3.8, 4) is 11.3 Å². The van der Waals surface area contributed by atoms with Crippen molar-refractivity contribution >= 4 is 33.8 Å². The molecule has 2 N–H and O–H groups in total. The van der Waals surface area contributed by atoms with Crippen molar-refractivity contribution in [1.82, 2.24) is 14.4 Å². The van der Waals surface area contributed by atoms with Gasteiger partial charge >= 0.3 is 6.03 Å². The summed E-state index contributed by atoms with van der Waals surface area (Å²) in [6, 6.07) is 15.1. The highest BCUT2D eigenvalue weighted by molar-refractivity contribution is 7.16. The Morgan fingerprint density at radius 3 is 2.72 bits per heavy atom. The number of nitrogens with one attached hydrogen (secondary N) is 2. The van der Waals surface area contributed by atoms with E-state index in [1.54, 1.807) is 6.20 Å². The van der Waals surface area contributed by atoms with E-state index >= 15 is 0 Å². The first-order valence-electron chi connectivity index (χ1n) is 7.73.